The summed E-state index contributed by atoms with van der Waals surface area (Å²) in [6, 6.07) is 18.8. The van der Waals surface area contributed by atoms with Gasteiger partial charge in [0.15, 0.2) is 0 Å². The second-order valence-corrected chi connectivity index (χ2v) is 9.23. The molecular weight excluding hydrogens is 676 g/mol. The van der Waals surface area contributed by atoms with Crippen LogP contribution in [0.1, 0.15) is 36.1 Å². The Hall–Kier alpha value is -1.58. The molecule has 1 saturated heterocycles. The fraction of sp³-hybridized carbons (Fsp3) is 0.269. The van der Waals surface area contributed by atoms with Crippen molar-refractivity contribution in [3.63, 3.8) is 0 Å². The van der Waals surface area contributed by atoms with Crippen molar-refractivity contribution >= 4 is 41.2 Å². The zero-order chi connectivity index (χ0) is 22.5. The number of aliphatic imine (C=N–C) groups is 1. The Morgan fingerprint density at radius 3 is 2.58 bits per heavy atom. The van der Waals surface area contributed by atoms with Gasteiger partial charge in [-0.1, -0.05) is 47.1 Å². The van der Waals surface area contributed by atoms with Crippen LogP contribution in [0.4, 0.5) is 5.69 Å². The fourth-order valence-electron chi connectivity index (χ4n) is 3.81. The maximum absolute atomic E-state index is 13.3. The number of carbonyl (C=O) groups excluding carboxylic acids is 1. The Balaban J connectivity index is 0.00000306. The minimum absolute atomic E-state index is 0. The Morgan fingerprint density at radius 2 is 1.91 bits per heavy atom. The van der Waals surface area contributed by atoms with Crippen LogP contribution in [0.25, 0.3) is 11.1 Å². The van der Waals surface area contributed by atoms with Gasteiger partial charge in [0.2, 0.25) is 5.91 Å². The molecular formula is C26H24ClN3OSU. The van der Waals surface area contributed by atoms with Crippen LogP contribution < -0.4 is 0 Å². The summed E-state index contributed by atoms with van der Waals surface area (Å²) >= 11 is 7.75. The Morgan fingerprint density at radius 1 is 1.18 bits per heavy atom. The van der Waals surface area contributed by atoms with E-state index in [0.717, 1.165) is 53.2 Å². The van der Waals surface area contributed by atoms with E-state index in [2.05, 4.69) is 23.3 Å². The number of thioether (sulfide) groups is 1. The number of rotatable bonds is 6. The standard InChI is InChI=1S/C26H24ClN3OS.U/c1-3-28-23-15-20(14-22(27)16-23)21-13-18(2)25(29-17-21)32-24(19-9-5-4-6-10-19)26(31)30-11-7-8-12-30;/h4-6,9-10,13-15,17,24H,7-8,11-12H2,1-2H3;/q-2;+2. The molecule has 0 radical (unpaired) electrons. The zero-order valence-electron chi connectivity index (χ0n) is 18.6. The number of benzene rings is 2. The minimum atomic E-state index is -0.312. The van der Waals surface area contributed by atoms with Crippen LogP contribution in [-0.2, 0) is 4.79 Å². The average molecular weight is 700 g/mol. The average Bonchev–Trinajstić information content (AvgIpc) is 3.33. The molecule has 0 aliphatic carbocycles. The number of aryl methyl sites for hydroxylation is 1. The van der Waals surface area contributed by atoms with Gasteiger partial charge < -0.3 is 9.89 Å². The van der Waals surface area contributed by atoms with Crippen LogP contribution in [0.2, 0.25) is 5.02 Å². The molecule has 166 valence electrons. The first-order chi connectivity index (χ1) is 15.5. The van der Waals surface area contributed by atoms with Crippen molar-refractivity contribution in [2.75, 3.05) is 13.1 Å². The third-order valence-electron chi connectivity index (χ3n) is 5.39. The van der Waals surface area contributed by atoms with Crippen molar-refractivity contribution in [1.29, 1.82) is 0 Å². The Labute approximate surface area is 228 Å². The molecule has 7 heteroatoms. The van der Waals surface area contributed by atoms with Crippen LogP contribution in [0, 0.1) is 44.1 Å². The van der Waals surface area contributed by atoms with Crippen molar-refractivity contribution in [2.24, 2.45) is 4.99 Å². The van der Waals surface area contributed by atoms with Crippen molar-refractivity contribution in [2.45, 2.75) is 37.0 Å². The molecule has 0 spiro atoms. The van der Waals surface area contributed by atoms with Gasteiger partial charge in [-0.25, -0.2) is 22.8 Å². The molecule has 1 aliphatic heterocycles. The van der Waals surface area contributed by atoms with Gasteiger partial charge in [0.05, 0.1) is 5.03 Å². The SMILES string of the molecule is C[C-]=Nc1[c-]c(Cl)cc(-c2cnc(SC(C(=O)N3CCCC3)c3ccccc3)c(C)c2)c1.[U+2]. The molecule has 4 rings (SSSR count). The van der Waals surface area contributed by atoms with Crippen molar-refractivity contribution in [3.05, 3.63) is 76.9 Å². The van der Waals surface area contributed by atoms with Gasteiger partial charge >= 0.3 is 31.1 Å². The molecule has 1 fully saturated rings. The molecule has 2 aromatic carbocycles. The van der Waals surface area contributed by atoms with Crippen LogP contribution in [0.5, 0.6) is 0 Å². The number of carbonyl (C=O) groups is 1. The van der Waals surface area contributed by atoms with Crippen LogP contribution in [0.3, 0.4) is 0 Å². The van der Waals surface area contributed by atoms with Gasteiger partial charge in [-0.2, -0.15) is 6.21 Å². The van der Waals surface area contributed by atoms with Gasteiger partial charge in [0, 0.05) is 19.3 Å². The normalized spacial score (nSPS) is 14.3. The number of hydrogen-bond acceptors (Lipinski definition) is 4. The topological polar surface area (TPSA) is 45.6 Å². The van der Waals surface area contributed by atoms with Gasteiger partial charge in [-0.05, 0) is 42.5 Å². The fourth-order valence-corrected chi connectivity index (χ4v) is 5.15. The largest absolute Gasteiger partial charge is 2.00 e. The summed E-state index contributed by atoms with van der Waals surface area (Å²) in [5, 5.41) is 1.03. The summed E-state index contributed by atoms with van der Waals surface area (Å²) in [5.74, 6) is 0.160. The van der Waals surface area contributed by atoms with Gasteiger partial charge in [0.25, 0.3) is 0 Å². The van der Waals surface area contributed by atoms with E-state index in [1.165, 1.54) is 11.8 Å². The second kappa shape index (κ2) is 12.2. The van der Waals surface area contributed by atoms with Gasteiger partial charge in [-0.15, -0.1) is 30.2 Å². The first kappa shape index (κ1) is 26.0. The third-order valence-corrected chi connectivity index (χ3v) is 6.96. The van der Waals surface area contributed by atoms with Crippen LogP contribution in [0.15, 0.2) is 64.7 Å². The molecule has 1 amide bonds. The maximum Gasteiger partial charge on any atom is 2.00 e. The van der Waals surface area contributed by atoms with Crippen LogP contribution >= 0.6 is 23.4 Å². The third kappa shape index (κ3) is 6.51. The smallest absolute Gasteiger partial charge is 0.482 e. The number of aromatic nitrogens is 1. The van der Waals surface area contributed by atoms with E-state index < -0.39 is 0 Å². The first-order valence-corrected chi connectivity index (χ1v) is 11.9. The van der Waals surface area contributed by atoms with Crippen molar-refractivity contribution in [3.8, 4) is 11.1 Å². The van der Waals surface area contributed by atoms with Crippen molar-refractivity contribution < 1.29 is 35.9 Å². The summed E-state index contributed by atoms with van der Waals surface area (Å²) < 4.78 is 0. The van der Waals surface area contributed by atoms with E-state index in [9.17, 15) is 4.79 Å². The molecule has 33 heavy (non-hydrogen) atoms. The molecule has 1 unspecified atom stereocenters. The summed E-state index contributed by atoms with van der Waals surface area (Å²) in [5.41, 5.74) is 4.51. The van der Waals surface area contributed by atoms with E-state index >= 15 is 0 Å². The number of nitrogens with zero attached hydrogens (tertiary/aromatic N) is 3. The number of amides is 1. The van der Waals surface area contributed by atoms with Gasteiger partial charge in [-0.3, -0.25) is 4.79 Å². The van der Waals surface area contributed by atoms with E-state index in [0.29, 0.717) is 10.7 Å². The molecule has 2 heterocycles. The zero-order valence-corrected chi connectivity index (χ0v) is 24.4. The molecule has 0 saturated carbocycles. The predicted molar refractivity (Wildman–Crippen MR) is 132 cm³/mol. The first-order valence-electron chi connectivity index (χ1n) is 10.6. The van der Waals surface area contributed by atoms with E-state index in [-0.39, 0.29) is 42.3 Å². The quantitative estimate of drug-likeness (QED) is 0.166. The predicted octanol–water partition coefficient (Wildman–Crippen LogP) is 6.57. The molecule has 1 atom stereocenters. The van der Waals surface area contributed by atoms with E-state index in [1.54, 1.807) is 6.92 Å². The summed E-state index contributed by atoms with van der Waals surface area (Å²) in [4.78, 5) is 24.2. The van der Waals surface area contributed by atoms with Gasteiger partial charge in [0.1, 0.15) is 5.25 Å². The second-order valence-electron chi connectivity index (χ2n) is 7.72. The summed E-state index contributed by atoms with van der Waals surface area (Å²) in [6.45, 7) is 5.43. The molecule has 1 aliphatic rings. The minimum Gasteiger partial charge on any atom is -0.482 e. The van der Waals surface area contributed by atoms with Crippen molar-refractivity contribution in [1.82, 2.24) is 9.88 Å². The molecule has 0 bridgehead atoms. The van der Waals surface area contributed by atoms with E-state index in [1.807, 2.05) is 60.5 Å². The molecule has 3 aromatic rings. The summed E-state index contributed by atoms with van der Waals surface area (Å²) in [6.07, 6.45) is 6.73. The number of likely N-dealkylation sites (tertiary alicyclic amines) is 1. The monoisotopic (exact) mass is 699 g/mol. The van der Waals surface area contributed by atoms with Crippen LogP contribution in [-0.4, -0.2) is 35.1 Å². The Bertz CT molecular complexity index is 1130. The Kier molecular flexibility index (Phi) is 9.64. The molecule has 1 aromatic heterocycles. The number of hydrogen-bond donors (Lipinski definition) is 0. The molecule has 0 N–H and O–H groups in total. The number of pyridine rings is 1. The van der Waals surface area contributed by atoms with E-state index in [4.69, 9.17) is 16.6 Å². The summed E-state index contributed by atoms with van der Waals surface area (Å²) in [7, 11) is 0. The maximum atomic E-state index is 13.3. The molecule has 4 nitrogen and oxygen atoms in total. The number of halogens is 1.